The van der Waals surface area contributed by atoms with Crippen LogP contribution in [-0.2, 0) is 10.9 Å². The van der Waals surface area contributed by atoms with Crippen molar-refractivity contribution in [1.29, 1.82) is 0 Å². The van der Waals surface area contributed by atoms with Gasteiger partial charge in [0.25, 0.3) is 0 Å². The van der Waals surface area contributed by atoms with Crippen LogP contribution in [0.25, 0.3) is 21.5 Å². The van der Waals surface area contributed by atoms with E-state index < -0.39 is 17.5 Å². The molecule has 142 valence electrons. The van der Waals surface area contributed by atoms with Crippen LogP contribution in [0.3, 0.4) is 0 Å². The van der Waals surface area contributed by atoms with Gasteiger partial charge < -0.3 is 9.84 Å². The summed E-state index contributed by atoms with van der Waals surface area (Å²) < 4.78 is 46.7. The van der Waals surface area contributed by atoms with Gasteiger partial charge in [-0.1, -0.05) is 0 Å². The molecule has 2 aromatic heterocycles. The van der Waals surface area contributed by atoms with E-state index in [1.165, 1.54) is 24.3 Å². The maximum atomic E-state index is 13.5. The number of hydrogen-bond acceptors (Lipinski definition) is 5. The summed E-state index contributed by atoms with van der Waals surface area (Å²) in [5.74, 6) is -0.223. The second-order valence-corrected chi connectivity index (χ2v) is 7.66. The van der Waals surface area contributed by atoms with Crippen molar-refractivity contribution in [2.45, 2.75) is 31.9 Å². The molecule has 3 heterocycles. The van der Waals surface area contributed by atoms with Gasteiger partial charge in [-0.05, 0) is 54.5 Å². The second-order valence-electron chi connectivity index (χ2n) is 6.75. The first-order chi connectivity index (χ1) is 12.8. The summed E-state index contributed by atoms with van der Waals surface area (Å²) in [6, 6.07) is 3.88. The summed E-state index contributed by atoms with van der Waals surface area (Å²) in [4.78, 5) is 0. The number of fused-ring (bicyclic) bond motifs is 1. The number of halogens is 3. The topological polar surface area (TPSA) is 55.2 Å². The molecule has 0 amide bonds. The highest BCUT2D eigenvalue weighted by molar-refractivity contribution is 7.17. The molecular formula is C19H17F3N2O2S. The molecule has 0 saturated carbocycles. The Morgan fingerprint density at radius 2 is 2.04 bits per heavy atom. The van der Waals surface area contributed by atoms with Crippen LogP contribution in [0.4, 0.5) is 13.2 Å². The maximum Gasteiger partial charge on any atom is 0.417 e. The van der Waals surface area contributed by atoms with Crippen LogP contribution in [0, 0.1) is 6.92 Å². The number of alkyl halides is 3. The molecule has 1 saturated heterocycles. The minimum Gasteiger partial charge on any atom is -0.507 e. The van der Waals surface area contributed by atoms with Gasteiger partial charge in [0.1, 0.15) is 11.3 Å². The monoisotopic (exact) mass is 394 g/mol. The molecule has 0 spiro atoms. The number of ether oxygens (including phenoxy) is 1. The lowest BCUT2D eigenvalue weighted by atomic mass is 9.95. The largest absolute Gasteiger partial charge is 0.507 e. The van der Waals surface area contributed by atoms with Crippen LogP contribution in [0.5, 0.6) is 5.75 Å². The summed E-state index contributed by atoms with van der Waals surface area (Å²) in [7, 11) is 0. The molecule has 3 aromatic rings. The highest BCUT2D eigenvalue weighted by Gasteiger charge is 2.36. The minimum absolute atomic E-state index is 0.0145. The molecule has 1 atom stereocenters. The zero-order chi connectivity index (χ0) is 19.2. The van der Waals surface area contributed by atoms with Gasteiger partial charge in [0.2, 0.25) is 0 Å². The Kier molecular flexibility index (Phi) is 4.55. The van der Waals surface area contributed by atoms with Gasteiger partial charge in [0, 0.05) is 12.5 Å². The van der Waals surface area contributed by atoms with Crippen LogP contribution >= 0.6 is 11.3 Å². The lowest BCUT2D eigenvalue weighted by Gasteiger charge is -2.21. The van der Waals surface area contributed by atoms with Gasteiger partial charge in [0.05, 0.1) is 28.1 Å². The Bertz CT molecular complexity index is 995. The highest BCUT2D eigenvalue weighted by Crippen LogP contribution is 2.43. The number of phenolic OH excluding ortho intramolecular Hbond substituents is 1. The molecule has 1 aromatic carbocycles. The van der Waals surface area contributed by atoms with Gasteiger partial charge >= 0.3 is 6.18 Å². The van der Waals surface area contributed by atoms with E-state index in [-0.39, 0.29) is 17.2 Å². The Morgan fingerprint density at radius 1 is 1.22 bits per heavy atom. The predicted octanol–water partition coefficient (Wildman–Crippen LogP) is 5.29. The smallest absolute Gasteiger partial charge is 0.417 e. The Balaban J connectivity index is 1.82. The van der Waals surface area contributed by atoms with Gasteiger partial charge in [-0.3, -0.25) is 0 Å². The number of rotatable bonds is 2. The van der Waals surface area contributed by atoms with Crippen LogP contribution < -0.4 is 0 Å². The molecule has 8 heteroatoms. The van der Waals surface area contributed by atoms with Crippen LogP contribution in [0.2, 0.25) is 0 Å². The standard InChI is InChI=1S/C19H17F3N2O2S/c1-10-5-13(19(20,21)22)17(15(25)6-10)14-7-16-18(24-23-14)12(9-27-16)11-3-2-4-26-8-11/h5-7,9,11,25H,2-4,8H2,1H3. The SMILES string of the molecule is Cc1cc(O)c(-c2cc3scc(C4CCCOC4)c3nn2)c(C(F)(F)F)c1. The summed E-state index contributed by atoms with van der Waals surface area (Å²) in [5.41, 5.74) is 0.816. The van der Waals surface area contributed by atoms with E-state index in [1.54, 1.807) is 6.07 Å². The van der Waals surface area contributed by atoms with E-state index in [4.69, 9.17) is 4.74 Å². The number of aromatic hydroxyl groups is 1. The fourth-order valence-electron chi connectivity index (χ4n) is 3.50. The Labute approximate surface area is 157 Å². The number of nitrogens with zero attached hydrogens (tertiary/aromatic N) is 2. The molecule has 4 nitrogen and oxygen atoms in total. The van der Waals surface area contributed by atoms with Crippen molar-refractivity contribution in [1.82, 2.24) is 10.2 Å². The summed E-state index contributed by atoms with van der Waals surface area (Å²) in [5, 5.41) is 20.4. The molecule has 1 fully saturated rings. The zero-order valence-electron chi connectivity index (χ0n) is 14.5. The molecule has 0 radical (unpaired) electrons. The first kappa shape index (κ1) is 18.2. The average Bonchev–Trinajstić information content (AvgIpc) is 3.04. The van der Waals surface area contributed by atoms with Crippen LogP contribution in [0.1, 0.15) is 35.4 Å². The molecule has 1 aliphatic heterocycles. The second kappa shape index (κ2) is 6.76. The van der Waals surface area contributed by atoms with Gasteiger partial charge in [0.15, 0.2) is 0 Å². The third-order valence-electron chi connectivity index (χ3n) is 4.77. The zero-order valence-corrected chi connectivity index (χ0v) is 15.3. The van der Waals surface area contributed by atoms with Crippen molar-refractivity contribution in [2.75, 3.05) is 13.2 Å². The number of phenols is 1. The van der Waals surface area contributed by atoms with Gasteiger partial charge in [-0.15, -0.1) is 21.5 Å². The molecule has 1 unspecified atom stereocenters. The van der Waals surface area contributed by atoms with E-state index in [0.29, 0.717) is 17.7 Å². The number of aryl methyl sites for hydroxylation is 1. The fraction of sp³-hybridized carbons (Fsp3) is 0.368. The molecular weight excluding hydrogens is 377 g/mol. The van der Waals surface area contributed by atoms with Crippen molar-refractivity contribution in [3.8, 4) is 17.0 Å². The number of aromatic nitrogens is 2. The Hall–Kier alpha value is -2.19. The molecule has 4 rings (SSSR count). The normalized spacial score (nSPS) is 18.1. The van der Waals surface area contributed by atoms with Crippen molar-refractivity contribution in [3.05, 3.63) is 40.3 Å². The predicted molar refractivity (Wildman–Crippen MR) is 97.0 cm³/mol. The molecule has 27 heavy (non-hydrogen) atoms. The van der Waals surface area contributed by atoms with Crippen molar-refractivity contribution >= 4 is 21.6 Å². The first-order valence-electron chi connectivity index (χ1n) is 8.58. The fourth-order valence-corrected chi connectivity index (χ4v) is 4.51. The maximum absolute atomic E-state index is 13.5. The van der Waals surface area contributed by atoms with Crippen LogP contribution in [-0.4, -0.2) is 28.5 Å². The van der Waals surface area contributed by atoms with Crippen molar-refractivity contribution < 1.29 is 23.0 Å². The van der Waals surface area contributed by atoms with E-state index in [1.807, 2.05) is 5.38 Å². The molecule has 1 N–H and O–H groups in total. The first-order valence-corrected chi connectivity index (χ1v) is 9.46. The van der Waals surface area contributed by atoms with E-state index in [2.05, 4.69) is 10.2 Å². The van der Waals surface area contributed by atoms with E-state index in [0.717, 1.165) is 35.8 Å². The lowest BCUT2D eigenvalue weighted by Crippen LogP contribution is -2.15. The van der Waals surface area contributed by atoms with Crippen LogP contribution in [0.15, 0.2) is 23.6 Å². The molecule has 1 aliphatic rings. The summed E-state index contributed by atoms with van der Waals surface area (Å²) >= 11 is 1.42. The van der Waals surface area contributed by atoms with E-state index >= 15 is 0 Å². The Morgan fingerprint density at radius 3 is 2.74 bits per heavy atom. The van der Waals surface area contributed by atoms with Crippen molar-refractivity contribution in [2.24, 2.45) is 0 Å². The number of thiophene rings is 1. The number of benzene rings is 1. The third-order valence-corrected chi connectivity index (χ3v) is 5.71. The third kappa shape index (κ3) is 3.39. The highest BCUT2D eigenvalue weighted by atomic mass is 32.1. The summed E-state index contributed by atoms with van der Waals surface area (Å²) in [6.07, 6.45) is -2.64. The average molecular weight is 394 g/mol. The quantitative estimate of drug-likeness (QED) is 0.642. The van der Waals surface area contributed by atoms with Gasteiger partial charge in [-0.2, -0.15) is 13.2 Å². The summed E-state index contributed by atoms with van der Waals surface area (Å²) in [6.45, 7) is 2.87. The van der Waals surface area contributed by atoms with Crippen molar-refractivity contribution in [3.63, 3.8) is 0 Å². The lowest BCUT2D eigenvalue weighted by molar-refractivity contribution is -0.137. The number of hydrogen-bond donors (Lipinski definition) is 1. The molecule has 0 aliphatic carbocycles. The molecule has 0 bridgehead atoms. The van der Waals surface area contributed by atoms with Gasteiger partial charge in [-0.25, -0.2) is 0 Å². The van der Waals surface area contributed by atoms with E-state index in [9.17, 15) is 18.3 Å². The minimum atomic E-state index is -4.60.